The zero-order chi connectivity index (χ0) is 22.4. The van der Waals surface area contributed by atoms with E-state index in [9.17, 15) is 14.4 Å². The first-order valence-electron chi connectivity index (χ1n) is 10.7. The summed E-state index contributed by atoms with van der Waals surface area (Å²) < 4.78 is 11.6. The lowest BCUT2D eigenvalue weighted by molar-refractivity contribution is -0.138. The standard InChI is InChI=1S/C24H28N2O5/c1-13-16(4)30-22-15(3)23-20(12-19(13)22)14(2)18(24(29)31-23)6-7-21(28)26-10-8-25(9-11-26)17(5)27/h12H,6-11H2,1-5H3. The van der Waals surface area contributed by atoms with Crippen molar-refractivity contribution in [3.8, 4) is 0 Å². The molecule has 7 nitrogen and oxygen atoms in total. The molecule has 164 valence electrons. The number of piperazine rings is 1. The first-order valence-corrected chi connectivity index (χ1v) is 10.7. The number of hydrogen-bond acceptors (Lipinski definition) is 5. The zero-order valence-corrected chi connectivity index (χ0v) is 18.8. The molecule has 31 heavy (non-hydrogen) atoms. The van der Waals surface area contributed by atoms with Gasteiger partial charge in [0.15, 0.2) is 0 Å². The average molecular weight is 424 g/mol. The fourth-order valence-corrected chi connectivity index (χ4v) is 4.44. The minimum absolute atomic E-state index is 0.00460. The van der Waals surface area contributed by atoms with Crippen LogP contribution in [0.3, 0.4) is 0 Å². The number of carbonyl (C=O) groups excluding carboxylic acids is 2. The highest BCUT2D eigenvalue weighted by molar-refractivity contribution is 6.00. The predicted octanol–water partition coefficient (Wildman–Crippen LogP) is 3.40. The molecule has 2 amide bonds. The van der Waals surface area contributed by atoms with Gasteiger partial charge in [-0.15, -0.1) is 0 Å². The molecule has 1 fully saturated rings. The van der Waals surface area contributed by atoms with Gasteiger partial charge in [-0.3, -0.25) is 9.59 Å². The third-order valence-electron chi connectivity index (χ3n) is 6.61. The van der Waals surface area contributed by atoms with Gasteiger partial charge in [-0.1, -0.05) is 0 Å². The maximum absolute atomic E-state index is 12.8. The van der Waals surface area contributed by atoms with Gasteiger partial charge in [-0.2, -0.15) is 0 Å². The van der Waals surface area contributed by atoms with Crippen LogP contribution < -0.4 is 5.63 Å². The summed E-state index contributed by atoms with van der Waals surface area (Å²) in [6, 6.07) is 2.02. The molecule has 0 radical (unpaired) electrons. The topological polar surface area (TPSA) is 84.0 Å². The third kappa shape index (κ3) is 3.62. The van der Waals surface area contributed by atoms with Crippen LogP contribution in [0.1, 0.15) is 41.4 Å². The third-order valence-corrected chi connectivity index (χ3v) is 6.61. The van der Waals surface area contributed by atoms with E-state index in [0.717, 1.165) is 38.8 Å². The molecule has 0 aliphatic carbocycles. The summed E-state index contributed by atoms with van der Waals surface area (Å²) in [4.78, 5) is 40.4. The van der Waals surface area contributed by atoms with Crippen LogP contribution in [-0.2, 0) is 16.0 Å². The summed E-state index contributed by atoms with van der Waals surface area (Å²) in [5, 5.41) is 1.90. The SMILES string of the molecule is CC(=O)N1CCN(C(=O)CCc2c(C)c3cc4c(C)c(C)oc4c(C)c3oc2=O)CC1. The summed E-state index contributed by atoms with van der Waals surface area (Å²) >= 11 is 0. The normalized spacial score (nSPS) is 14.6. The molecule has 0 unspecified atom stereocenters. The van der Waals surface area contributed by atoms with E-state index in [1.54, 1.807) is 16.7 Å². The Labute approximate surface area is 180 Å². The van der Waals surface area contributed by atoms with Crippen LogP contribution in [0.5, 0.6) is 0 Å². The van der Waals surface area contributed by atoms with Gasteiger partial charge in [0.05, 0.1) is 0 Å². The highest BCUT2D eigenvalue weighted by Crippen LogP contribution is 2.34. The molecule has 3 aromatic rings. The molecule has 4 rings (SSSR count). The van der Waals surface area contributed by atoms with Crippen molar-refractivity contribution in [3.63, 3.8) is 0 Å². The van der Waals surface area contributed by atoms with Crippen molar-refractivity contribution in [2.24, 2.45) is 0 Å². The number of hydrogen-bond donors (Lipinski definition) is 0. The smallest absolute Gasteiger partial charge is 0.339 e. The number of fused-ring (bicyclic) bond motifs is 2. The maximum atomic E-state index is 12.8. The Hall–Kier alpha value is -3.09. The van der Waals surface area contributed by atoms with Crippen LogP contribution in [0.15, 0.2) is 19.7 Å². The number of rotatable bonds is 3. The Balaban J connectivity index is 1.60. The van der Waals surface area contributed by atoms with Crippen LogP contribution in [0.25, 0.3) is 21.9 Å². The lowest BCUT2D eigenvalue weighted by Crippen LogP contribution is -2.50. The monoisotopic (exact) mass is 424 g/mol. The second kappa shape index (κ2) is 7.87. The zero-order valence-electron chi connectivity index (χ0n) is 18.8. The van der Waals surface area contributed by atoms with Gasteiger partial charge < -0.3 is 18.6 Å². The summed E-state index contributed by atoms with van der Waals surface area (Å²) in [6.07, 6.45) is 0.568. The lowest BCUT2D eigenvalue weighted by atomic mass is 9.98. The molecule has 0 atom stereocenters. The van der Waals surface area contributed by atoms with Gasteiger partial charge in [0.25, 0.3) is 0 Å². The number of aryl methyl sites for hydroxylation is 4. The first-order chi connectivity index (χ1) is 14.7. The van der Waals surface area contributed by atoms with Crippen LogP contribution >= 0.6 is 0 Å². The predicted molar refractivity (Wildman–Crippen MR) is 118 cm³/mol. The Morgan fingerprint density at radius 3 is 2.10 bits per heavy atom. The van der Waals surface area contributed by atoms with E-state index < -0.39 is 5.63 Å². The van der Waals surface area contributed by atoms with E-state index >= 15 is 0 Å². The largest absolute Gasteiger partial charge is 0.461 e. The Bertz CT molecular complexity index is 1260. The fourth-order valence-electron chi connectivity index (χ4n) is 4.44. The van der Waals surface area contributed by atoms with E-state index in [2.05, 4.69) is 0 Å². The highest BCUT2D eigenvalue weighted by atomic mass is 16.4. The number of amides is 2. The molecule has 0 saturated carbocycles. The molecule has 3 heterocycles. The number of benzene rings is 1. The minimum atomic E-state index is -0.401. The van der Waals surface area contributed by atoms with E-state index in [0.29, 0.717) is 43.7 Å². The summed E-state index contributed by atoms with van der Waals surface area (Å²) in [6.45, 7) is 11.5. The Morgan fingerprint density at radius 1 is 0.871 bits per heavy atom. The molecule has 0 spiro atoms. The van der Waals surface area contributed by atoms with Crippen LogP contribution in [0.4, 0.5) is 0 Å². The highest BCUT2D eigenvalue weighted by Gasteiger charge is 2.23. The molecule has 0 bridgehead atoms. The maximum Gasteiger partial charge on any atom is 0.339 e. The molecule has 2 aromatic heterocycles. The van der Waals surface area contributed by atoms with E-state index in [1.807, 2.05) is 33.8 Å². The molecule has 1 aliphatic heterocycles. The average Bonchev–Trinajstić information content (AvgIpc) is 3.03. The number of nitrogens with zero attached hydrogens (tertiary/aromatic N) is 2. The van der Waals surface area contributed by atoms with Gasteiger partial charge in [0.2, 0.25) is 11.8 Å². The van der Waals surface area contributed by atoms with E-state index in [-0.39, 0.29) is 18.2 Å². The minimum Gasteiger partial charge on any atom is -0.461 e. The van der Waals surface area contributed by atoms with Crippen molar-refractivity contribution in [1.82, 2.24) is 9.80 Å². The van der Waals surface area contributed by atoms with E-state index in [1.165, 1.54) is 0 Å². The van der Waals surface area contributed by atoms with Gasteiger partial charge >= 0.3 is 5.63 Å². The molecule has 1 aliphatic rings. The fraction of sp³-hybridized carbons (Fsp3) is 0.458. The van der Waals surface area contributed by atoms with Crippen molar-refractivity contribution >= 4 is 33.8 Å². The van der Waals surface area contributed by atoms with Crippen LogP contribution in [0.2, 0.25) is 0 Å². The molecule has 0 N–H and O–H groups in total. The van der Waals surface area contributed by atoms with Gasteiger partial charge in [-0.05, 0) is 51.3 Å². The second-order valence-corrected chi connectivity index (χ2v) is 8.42. The summed E-state index contributed by atoms with van der Waals surface area (Å²) in [5.41, 5.74) is 4.17. The van der Waals surface area contributed by atoms with Crippen molar-refractivity contribution in [1.29, 1.82) is 0 Å². The first kappa shape index (κ1) is 21.2. The van der Waals surface area contributed by atoms with Gasteiger partial charge in [0, 0.05) is 61.4 Å². The van der Waals surface area contributed by atoms with E-state index in [4.69, 9.17) is 8.83 Å². The Kier molecular flexibility index (Phi) is 5.37. The molecular formula is C24H28N2O5. The van der Waals surface area contributed by atoms with Crippen molar-refractivity contribution in [2.75, 3.05) is 26.2 Å². The number of carbonyl (C=O) groups is 2. The van der Waals surface area contributed by atoms with Crippen molar-refractivity contribution in [3.05, 3.63) is 44.5 Å². The summed E-state index contributed by atoms with van der Waals surface area (Å²) in [7, 11) is 0. The Morgan fingerprint density at radius 2 is 1.45 bits per heavy atom. The number of furan rings is 1. The summed E-state index contributed by atoms with van der Waals surface area (Å²) in [5.74, 6) is 0.878. The molecular weight excluding hydrogens is 396 g/mol. The van der Waals surface area contributed by atoms with Crippen molar-refractivity contribution < 1.29 is 18.4 Å². The van der Waals surface area contributed by atoms with Crippen LogP contribution in [-0.4, -0.2) is 47.8 Å². The molecule has 7 heteroatoms. The van der Waals surface area contributed by atoms with Crippen LogP contribution in [0, 0.1) is 27.7 Å². The van der Waals surface area contributed by atoms with Gasteiger partial charge in [0.1, 0.15) is 16.9 Å². The molecule has 1 saturated heterocycles. The lowest BCUT2D eigenvalue weighted by Gasteiger charge is -2.34. The van der Waals surface area contributed by atoms with Gasteiger partial charge in [-0.25, -0.2) is 4.79 Å². The van der Waals surface area contributed by atoms with Crippen molar-refractivity contribution in [2.45, 2.75) is 47.5 Å². The second-order valence-electron chi connectivity index (χ2n) is 8.42. The molecule has 1 aromatic carbocycles. The quantitative estimate of drug-likeness (QED) is 0.602.